The van der Waals surface area contributed by atoms with Crippen LogP contribution in [0, 0.1) is 0 Å². The van der Waals surface area contributed by atoms with Gasteiger partial charge < -0.3 is 14.5 Å². The number of hydrogen-bond donors (Lipinski definition) is 2. The molecule has 3 aromatic rings. The largest absolute Gasteiger partial charge is 0.443 e. The molecule has 7 heteroatoms. The summed E-state index contributed by atoms with van der Waals surface area (Å²) in [5.41, 5.74) is 3.48. The number of aromatic nitrogens is 1. The van der Waals surface area contributed by atoms with Crippen molar-refractivity contribution in [2.75, 3.05) is 18.0 Å². The van der Waals surface area contributed by atoms with Gasteiger partial charge in [0.15, 0.2) is 5.58 Å². The molecule has 1 saturated carbocycles. The first-order chi connectivity index (χ1) is 14.7. The van der Waals surface area contributed by atoms with E-state index in [9.17, 15) is 9.59 Å². The van der Waals surface area contributed by atoms with E-state index >= 15 is 0 Å². The van der Waals surface area contributed by atoms with Crippen molar-refractivity contribution in [2.24, 2.45) is 0 Å². The highest BCUT2D eigenvalue weighted by Crippen LogP contribution is 2.34. The van der Waals surface area contributed by atoms with Crippen molar-refractivity contribution < 1.29 is 13.9 Å². The number of aromatic amines is 1. The van der Waals surface area contributed by atoms with E-state index in [0.717, 1.165) is 36.9 Å². The van der Waals surface area contributed by atoms with Gasteiger partial charge in [0.25, 0.3) is 0 Å². The average molecular weight is 407 g/mol. The van der Waals surface area contributed by atoms with Gasteiger partial charge in [0.05, 0.1) is 12.1 Å². The molecule has 30 heavy (non-hydrogen) atoms. The number of H-pyrrole nitrogens is 1. The fraction of sp³-hybridized carbons (Fsp3) is 0.391. The van der Waals surface area contributed by atoms with Crippen molar-refractivity contribution >= 4 is 22.9 Å². The van der Waals surface area contributed by atoms with E-state index in [0.29, 0.717) is 30.6 Å². The summed E-state index contributed by atoms with van der Waals surface area (Å²) < 4.78 is 10.7. The fourth-order valence-electron chi connectivity index (χ4n) is 4.59. The number of rotatable bonds is 5. The highest BCUT2D eigenvalue weighted by Gasteiger charge is 2.33. The zero-order valence-electron chi connectivity index (χ0n) is 16.7. The van der Waals surface area contributed by atoms with Gasteiger partial charge in [0.1, 0.15) is 6.10 Å². The Balaban J connectivity index is 1.12. The maximum absolute atomic E-state index is 12.2. The van der Waals surface area contributed by atoms with Gasteiger partial charge in [-0.2, -0.15) is 0 Å². The average Bonchev–Trinajstić information content (AvgIpc) is 3.34. The first-order valence-corrected chi connectivity index (χ1v) is 10.5. The lowest BCUT2D eigenvalue weighted by molar-refractivity contribution is 0.136. The molecule has 0 bridgehead atoms. The lowest BCUT2D eigenvalue weighted by atomic mass is 9.81. The van der Waals surface area contributed by atoms with Crippen molar-refractivity contribution in [2.45, 2.75) is 43.7 Å². The second-order valence-corrected chi connectivity index (χ2v) is 8.18. The Morgan fingerprint density at radius 1 is 1.03 bits per heavy atom. The van der Waals surface area contributed by atoms with E-state index in [1.165, 1.54) is 5.56 Å². The number of cyclic esters (lactones) is 1. The van der Waals surface area contributed by atoms with Crippen LogP contribution in [0.5, 0.6) is 0 Å². The number of oxazole rings is 1. The smallest absolute Gasteiger partial charge is 0.417 e. The quantitative estimate of drug-likeness (QED) is 0.672. The Labute approximate surface area is 174 Å². The summed E-state index contributed by atoms with van der Waals surface area (Å²) in [6.07, 6.45) is 3.90. The molecule has 1 saturated heterocycles. The summed E-state index contributed by atoms with van der Waals surface area (Å²) in [4.78, 5) is 27.9. The van der Waals surface area contributed by atoms with Crippen LogP contribution in [0.3, 0.4) is 0 Å². The van der Waals surface area contributed by atoms with Crippen LogP contribution >= 0.6 is 0 Å². The van der Waals surface area contributed by atoms with Gasteiger partial charge in [-0.05, 0) is 61.4 Å². The summed E-state index contributed by atoms with van der Waals surface area (Å²) in [6.45, 7) is 1.25. The molecule has 5 rings (SSSR count). The molecule has 7 nitrogen and oxygen atoms in total. The standard InChI is InChI=1S/C23H25N3O4/c27-22-25-20-11-8-16(12-21(20)30-22)15-6-9-17(10-7-15)24-13-19-14-26(23(28)29-19)18-4-2-1-3-5-18/h1-5,8,11-12,15,17,19,24H,6-7,9-10,13-14H2,(H,25,27)/t15-,17-,19-/m1/s1. The zero-order valence-corrected chi connectivity index (χ0v) is 16.7. The molecular formula is C23H25N3O4. The third kappa shape index (κ3) is 3.85. The molecular weight excluding hydrogens is 382 g/mol. The molecule has 2 heterocycles. The number of carbonyl (C=O) groups excluding carboxylic acids is 1. The summed E-state index contributed by atoms with van der Waals surface area (Å²) in [7, 11) is 0. The van der Waals surface area contributed by atoms with Gasteiger partial charge in [-0.25, -0.2) is 9.59 Å². The van der Waals surface area contributed by atoms with E-state index in [-0.39, 0.29) is 12.2 Å². The van der Waals surface area contributed by atoms with E-state index < -0.39 is 5.76 Å². The van der Waals surface area contributed by atoms with Gasteiger partial charge in [-0.3, -0.25) is 9.88 Å². The lowest BCUT2D eigenvalue weighted by Crippen LogP contribution is -2.39. The van der Waals surface area contributed by atoms with Gasteiger partial charge in [0, 0.05) is 18.3 Å². The molecule has 0 spiro atoms. The van der Waals surface area contributed by atoms with Crippen LogP contribution in [0.25, 0.3) is 11.1 Å². The number of carbonyl (C=O) groups is 1. The van der Waals surface area contributed by atoms with E-state index in [1.54, 1.807) is 4.90 Å². The Bertz CT molecular complexity index is 1080. The predicted octanol–water partition coefficient (Wildman–Crippen LogP) is 3.76. The van der Waals surface area contributed by atoms with Gasteiger partial charge >= 0.3 is 11.8 Å². The summed E-state index contributed by atoms with van der Waals surface area (Å²) in [5.74, 6) is 0.0685. The van der Waals surface area contributed by atoms with Crippen LogP contribution in [0.4, 0.5) is 10.5 Å². The molecule has 1 aliphatic carbocycles. The molecule has 1 atom stereocenters. The van der Waals surface area contributed by atoms with E-state index in [2.05, 4.69) is 16.4 Å². The lowest BCUT2D eigenvalue weighted by Gasteiger charge is -2.30. The van der Waals surface area contributed by atoms with Crippen LogP contribution in [0.1, 0.15) is 37.2 Å². The Morgan fingerprint density at radius 3 is 2.63 bits per heavy atom. The molecule has 2 aliphatic rings. The van der Waals surface area contributed by atoms with Crippen molar-refractivity contribution in [1.82, 2.24) is 10.3 Å². The van der Waals surface area contributed by atoms with Crippen LogP contribution in [-0.2, 0) is 4.74 Å². The van der Waals surface area contributed by atoms with Crippen molar-refractivity contribution in [3.63, 3.8) is 0 Å². The number of hydrogen-bond acceptors (Lipinski definition) is 5. The fourth-order valence-corrected chi connectivity index (χ4v) is 4.59. The van der Waals surface area contributed by atoms with Gasteiger partial charge in [-0.15, -0.1) is 0 Å². The summed E-state index contributed by atoms with van der Waals surface area (Å²) in [6, 6.07) is 16.1. The minimum Gasteiger partial charge on any atom is -0.443 e. The van der Waals surface area contributed by atoms with Crippen molar-refractivity contribution in [3.05, 3.63) is 64.6 Å². The second kappa shape index (κ2) is 7.99. The normalized spacial score (nSPS) is 24.3. The predicted molar refractivity (Wildman–Crippen MR) is 114 cm³/mol. The molecule has 1 aliphatic heterocycles. The molecule has 156 valence electrons. The Morgan fingerprint density at radius 2 is 1.83 bits per heavy atom. The minimum absolute atomic E-state index is 0.130. The van der Waals surface area contributed by atoms with Crippen molar-refractivity contribution in [3.8, 4) is 0 Å². The summed E-state index contributed by atoms with van der Waals surface area (Å²) in [5, 5.41) is 3.59. The monoisotopic (exact) mass is 407 g/mol. The molecule has 1 amide bonds. The number of nitrogens with zero attached hydrogens (tertiary/aromatic N) is 1. The summed E-state index contributed by atoms with van der Waals surface area (Å²) >= 11 is 0. The maximum Gasteiger partial charge on any atom is 0.417 e. The van der Waals surface area contributed by atoms with Gasteiger partial charge in [0.2, 0.25) is 0 Å². The highest BCUT2D eigenvalue weighted by molar-refractivity contribution is 5.89. The van der Waals surface area contributed by atoms with Crippen LogP contribution in [-0.4, -0.2) is 36.3 Å². The first kappa shape index (κ1) is 18.9. The maximum atomic E-state index is 12.2. The number of benzene rings is 2. The number of fused-ring (bicyclic) bond motifs is 1. The Kier molecular flexibility index (Phi) is 5.04. The number of nitrogens with one attached hydrogen (secondary N) is 2. The van der Waals surface area contributed by atoms with E-state index in [1.807, 2.05) is 42.5 Å². The zero-order chi connectivity index (χ0) is 20.5. The molecule has 1 aromatic heterocycles. The number of ether oxygens (including phenoxy) is 1. The van der Waals surface area contributed by atoms with Crippen molar-refractivity contribution in [1.29, 1.82) is 0 Å². The van der Waals surface area contributed by atoms with E-state index in [4.69, 9.17) is 9.15 Å². The number of amides is 1. The van der Waals surface area contributed by atoms with Crippen LogP contribution < -0.4 is 16.0 Å². The molecule has 2 aromatic carbocycles. The minimum atomic E-state index is -0.409. The third-order valence-corrected chi connectivity index (χ3v) is 6.22. The van der Waals surface area contributed by atoms with Gasteiger partial charge in [-0.1, -0.05) is 24.3 Å². The molecule has 0 unspecified atom stereocenters. The van der Waals surface area contributed by atoms with Crippen LogP contribution in [0.2, 0.25) is 0 Å². The molecule has 2 N–H and O–H groups in total. The second-order valence-electron chi connectivity index (χ2n) is 8.18. The Hall–Kier alpha value is -3.06. The highest BCUT2D eigenvalue weighted by atomic mass is 16.6. The molecule has 2 fully saturated rings. The topological polar surface area (TPSA) is 87.6 Å². The molecule has 0 radical (unpaired) electrons. The SMILES string of the molecule is O=C1O[C@H](CN[C@H]2CC[C@H](c3ccc4[nH]c(=O)oc4c3)CC2)CN1c1ccccc1. The number of anilines is 1. The van der Waals surface area contributed by atoms with Crippen LogP contribution in [0.15, 0.2) is 57.7 Å². The third-order valence-electron chi connectivity index (χ3n) is 6.22. The first-order valence-electron chi connectivity index (χ1n) is 10.5. The number of para-hydroxylation sites is 1.